The van der Waals surface area contributed by atoms with Gasteiger partial charge < -0.3 is 10.4 Å². The van der Waals surface area contributed by atoms with Crippen LogP contribution in [-0.2, 0) is 5.60 Å². The van der Waals surface area contributed by atoms with E-state index in [4.69, 9.17) is 0 Å². The van der Waals surface area contributed by atoms with Crippen molar-refractivity contribution in [2.24, 2.45) is 0 Å². The maximum Gasteiger partial charge on any atom is 0.101 e. The molecule has 1 unspecified atom stereocenters. The Labute approximate surface area is 96.5 Å². The van der Waals surface area contributed by atoms with E-state index in [2.05, 4.69) is 21.2 Å². The van der Waals surface area contributed by atoms with Gasteiger partial charge in [-0.15, -0.1) is 0 Å². The van der Waals surface area contributed by atoms with E-state index in [1.165, 1.54) is 12.8 Å². The molecule has 0 amide bonds. The number of hydrogen-bond donors (Lipinski definition) is 2. The maximum absolute atomic E-state index is 10.2. The lowest BCUT2D eigenvalue weighted by Crippen LogP contribution is -2.36. The largest absolute Gasteiger partial charge is 0.384 e. The van der Waals surface area contributed by atoms with Crippen molar-refractivity contribution >= 4 is 27.3 Å². The third kappa shape index (κ3) is 2.37. The van der Waals surface area contributed by atoms with Crippen molar-refractivity contribution in [2.45, 2.75) is 31.4 Å². The van der Waals surface area contributed by atoms with Crippen molar-refractivity contribution in [2.75, 3.05) is 6.54 Å². The van der Waals surface area contributed by atoms with E-state index in [1.54, 1.807) is 11.3 Å². The minimum absolute atomic E-state index is 0.632. The Morgan fingerprint density at radius 1 is 1.64 bits per heavy atom. The molecule has 0 aromatic carbocycles. The minimum Gasteiger partial charge on any atom is -0.384 e. The fourth-order valence-electron chi connectivity index (χ4n) is 1.39. The van der Waals surface area contributed by atoms with Crippen LogP contribution in [0.1, 0.15) is 25.3 Å². The van der Waals surface area contributed by atoms with E-state index in [-0.39, 0.29) is 0 Å². The first-order valence-electron chi connectivity index (χ1n) is 4.77. The van der Waals surface area contributed by atoms with Crippen LogP contribution in [0.4, 0.5) is 0 Å². The van der Waals surface area contributed by atoms with Crippen molar-refractivity contribution in [1.82, 2.24) is 5.32 Å². The molecule has 2 nitrogen and oxygen atoms in total. The van der Waals surface area contributed by atoms with Crippen LogP contribution in [0.5, 0.6) is 0 Å². The molecule has 1 aliphatic rings. The van der Waals surface area contributed by atoms with Gasteiger partial charge in [0.05, 0.1) is 0 Å². The fourth-order valence-corrected chi connectivity index (χ4v) is 3.24. The topological polar surface area (TPSA) is 32.3 Å². The Morgan fingerprint density at radius 2 is 2.36 bits per heavy atom. The number of hydrogen-bond acceptors (Lipinski definition) is 3. The van der Waals surface area contributed by atoms with Crippen molar-refractivity contribution in [3.05, 3.63) is 20.8 Å². The highest BCUT2D eigenvalue weighted by Crippen LogP contribution is 2.31. The van der Waals surface area contributed by atoms with Crippen LogP contribution in [-0.4, -0.2) is 17.7 Å². The summed E-state index contributed by atoms with van der Waals surface area (Å²) in [4.78, 5) is 0. The summed E-state index contributed by atoms with van der Waals surface area (Å²) in [6.45, 7) is 2.49. The van der Waals surface area contributed by atoms with Gasteiger partial charge in [-0.25, -0.2) is 0 Å². The summed E-state index contributed by atoms with van der Waals surface area (Å²) in [7, 11) is 0. The van der Waals surface area contributed by atoms with Crippen LogP contribution in [0.2, 0.25) is 0 Å². The summed E-state index contributed by atoms with van der Waals surface area (Å²) in [6.07, 6.45) is 2.50. The molecule has 1 fully saturated rings. The second kappa shape index (κ2) is 3.93. The van der Waals surface area contributed by atoms with Crippen LogP contribution in [0, 0.1) is 0 Å². The minimum atomic E-state index is -0.762. The summed E-state index contributed by atoms with van der Waals surface area (Å²) < 4.78 is 1.00. The Kier molecular flexibility index (Phi) is 2.98. The molecule has 1 aromatic rings. The van der Waals surface area contributed by atoms with E-state index in [0.29, 0.717) is 12.6 Å². The second-order valence-corrected chi connectivity index (χ2v) is 5.66. The fraction of sp³-hybridized carbons (Fsp3) is 0.600. The molecular formula is C10H14BrNOS. The zero-order chi connectivity index (χ0) is 10.2. The first kappa shape index (κ1) is 10.6. The second-order valence-electron chi connectivity index (χ2n) is 4.06. The molecule has 2 N–H and O–H groups in total. The van der Waals surface area contributed by atoms with Gasteiger partial charge >= 0.3 is 0 Å². The summed E-state index contributed by atoms with van der Waals surface area (Å²) >= 11 is 5.06. The Hall–Kier alpha value is 0.100. The molecule has 0 saturated heterocycles. The van der Waals surface area contributed by atoms with Crippen LogP contribution < -0.4 is 5.32 Å². The molecular weight excluding hydrogens is 262 g/mol. The molecule has 0 aliphatic heterocycles. The number of nitrogens with one attached hydrogen (secondary N) is 1. The Bertz CT molecular complexity index is 320. The molecule has 1 saturated carbocycles. The standard InChI is InChI=1S/C10H14BrNOS/c1-10(13,6-12-7-2-3-7)8-4-14-5-9(8)11/h4-5,7,12-13H,2-3,6H2,1H3. The lowest BCUT2D eigenvalue weighted by atomic mass is 9.99. The highest BCUT2D eigenvalue weighted by Gasteiger charge is 2.29. The Balaban J connectivity index is 2.02. The van der Waals surface area contributed by atoms with Gasteiger partial charge in [0, 0.05) is 28.0 Å². The van der Waals surface area contributed by atoms with E-state index >= 15 is 0 Å². The van der Waals surface area contributed by atoms with Crippen LogP contribution in [0.15, 0.2) is 15.2 Å². The van der Waals surface area contributed by atoms with Gasteiger partial charge in [0.2, 0.25) is 0 Å². The van der Waals surface area contributed by atoms with Gasteiger partial charge in [0.1, 0.15) is 5.60 Å². The number of thiophene rings is 1. The van der Waals surface area contributed by atoms with Crippen LogP contribution >= 0.6 is 27.3 Å². The Morgan fingerprint density at radius 3 is 2.86 bits per heavy atom. The smallest absolute Gasteiger partial charge is 0.101 e. The monoisotopic (exact) mass is 275 g/mol. The number of halogens is 1. The molecule has 1 aliphatic carbocycles. The molecule has 14 heavy (non-hydrogen) atoms. The van der Waals surface area contributed by atoms with Crippen LogP contribution in [0.3, 0.4) is 0 Å². The lowest BCUT2D eigenvalue weighted by Gasteiger charge is -2.23. The quantitative estimate of drug-likeness (QED) is 0.885. The predicted molar refractivity (Wildman–Crippen MR) is 62.6 cm³/mol. The molecule has 1 atom stereocenters. The molecule has 4 heteroatoms. The van der Waals surface area contributed by atoms with E-state index in [0.717, 1.165) is 10.0 Å². The molecule has 78 valence electrons. The summed E-state index contributed by atoms with van der Waals surface area (Å²) in [6, 6.07) is 0.638. The average Bonchev–Trinajstić information content (AvgIpc) is 2.85. The maximum atomic E-state index is 10.2. The first-order chi connectivity index (χ1) is 6.59. The molecule has 0 bridgehead atoms. The highest BCUT2D eigenvalue weighted by atomic mass is 79.9. The van der Waals surface area contributed by atoms with Crippen molar-refractivity contribution in [3.63, 3.8) is 0 Å². The molecule has 0 radical (unpaired) electrons. The van der Waals surface area contributed by atoms with E-state index < -0.39 is 5.60 Å². The number of rotatable bonds is 4. The molecule has 2 rings (SSSR count). The third-order valence-corrected chi connectivity index (χ3v) is 4.21. The van der Waals surface area contributed by atoms with E-state index in [9.17, 15) is 5.11 Å². The molecule has 1 aromatic heterocycles. The predicted octanol–water partition coefficient (Wildman–Crippen LogP) is 2.47. The summed E-state index contributed by atoms with van der Waals surface area (Å²) in [5.41, 5.74) is 0.220. The van der Waals surface area contributed by atoms with Gasteiger partial charge in [-0.3, -0.25) is 0 Å². The normalized spacial score (nSPS) is 20.8. The molecule has 1 heterocycles. The van der Waals surface area contributed by atoms with Crippen LogP contribution in [0.25, 0.3) is 0 Å². The van der Waals surface area contributed by atoms with Gasteiger partial charge in [-0.05, 0) is 41.1 Å². The van der Waals surface area contributed by atoms with Gasteiger partial charge in [0.25, 0.3) is 0 Å². The molecule has 0 spiro atoms. The summed E-state index contributed by atoms with van der Waals surface area (Å²) in [5.74, 6) is 0. The van der Waals surface area contributed by atoms with Gasteiger partial charge in [-0.2, -0.15) is 11.3 Å². The number of aliphatic hydroxyl groups is 1. The van der Waals surface area contributed by atoms with Gasteiger partial charge in [-0.1, -0.05) is 0 Å². The van der Waals surface area contributed by atoms with Crippen molar-refractivity contribution in [1.29, 1.82) is 0 Å². The lowest BCUT2D eigenvalue weighted by molar-refractivity contribution is 0.0563. The average molecular weight is 276 g/mol. The van der Waals surface area contributed by atoms with Crippen molar-refractivity contribution in [3.8, 4) is 0 Å². The zero-order valence-corrected chi connectivity index (χ0v) is 10.5. The van der Waals surface area contributed by atoms with E-state index in [1.807, 2.05) is 17.7 Å². The first-order valence-corrected chi connectivity index (χ1v) is 6.51. The highest BCUT2D eigenvalue weighted by molar-refractivity contribution is 9.10. The van der Waals surface area contributed by atoms with Crippen molar-refractivity contribution < 1.29 is 5.11 Å². The zero-order valence-electron chi connectivity index (χ0n) is 8.09. The summed E-state index contributed by atoms with van der Waals surface area (Å²) in [5, 5.41) is 17.6. The SMILES string of the molecule is CC(O)(CNC1CC1)c1cscc1Br. The third-order valence-electron chi connectivity index (χ3n) is 2.51. The van der Waals surface area contributed by atoms with Gasteiger partial charge in [0.15, 0.2) is 0 Å².